The van der Waals surface area contributed by atoms with Crippen LogP contribution in [0.25, 0.3) is 10.9 Å². The summed E-state index contributed by atoms with van der Waals surface area (Å²) in [6.07, 6.45) is 2.07. The zero-order valence-corrected chi connectivity index (χ0v) is 17.8. The number of fused-ring (bicyclic) bond motifs is 3. The van der Waals surface area contributed by atoms with Crippen molar-refractivity contribution in [3.05, 3.63) is 59.3 Å². The number of hydrogen-bond acceptors (Lipinski definition) is 4. The van der Waals surface area contributed by atoms with Gasteiger partial charge in [-0.1, -0.05) is 6.07 Å². The Hall–Kier alpha value is -3.46. The number of rotatable bonds is 7. The van der Waals surface area contributed by atoms with Crippen molar-refractivity contribution in [2.45, 2.75) is 58.3 Å². The lowest BCUT2D eigenvalue weighted by Crippen LogP contribution is -2.17. The number of carboxylic acids is 1. The van der Waals surface area contributed by atoms with Crippen LogP contribution < -0.4 is 9.47 Å². The first-order chi connectivity index (χ1) is 14.9. The fourth-order valence-corrected chi connectivity index (χ4v) is 4.29. The molecule has 0 amide bonds. The van der Waals surface area contributed by atoms with E-state index in [1.54, 1.807) is 6.07 Å². The number of aliphatic carboxylic acids is 1. The van der Waals surface area contributed by atoms with E-state index in [1.807, 2.05) is 44.2 Å². The number of hydrogen-bond donors (Lipinski definition) is 1. The summed E-state index contributed by atoms with van der Waals surface area (Å²) in [5.41, 5.74) is 3.60. The molecule has 1 atom stereocenters. The van der Waals surface area contributed by atoms with E-state index in [0.29, 0.717) is 17.9 Å². The summed E-state index contributed by atoms with van der Waals surface area (Å²) in [6.45, 7) is 5.12. The van der Waals surface area contributed by atoms with Gasteiger partial charge in [0.2, 0.25) is 0 Å². The van der Waals surface area contributed by atoms with E-state index in [9.17, 15) is 15.2 Å². The Labute approximate surface area is 181 Å². The summed E-state index contributed by atoms with van der Waals surface area (Å²) in [4.78, 5) is 11.2. The van der Waals surface area contributed by atoms with Crippen LogP contribution in [0.4, 0.5) is 0 Å². The van der Waals surface area contributed by atoms with Crippen molar-refractivity contribution in [2.75, 3.05) is 0 Å². The quantitative estimate of drug-likeness (QED) is 0.568. The Balaban J connectivity index is 1.52. The highest BCUT2D eigenvalue weighted by Crippen LogP contribution is 2.36. The molecule has 0 saturated carbocycles. The van der Waals surface area contributed by atoms with Gasteiger partial charge in [0.15, 0.2) is 0 Å². The molecule has 4 rings (SSSR count). The molecule has 31 heavy (non-hydrogen) atoms. The summed E-state index contributed by atoms with van der Waals surface area (Å²) in [5.74, 6) is 0.623. The predicted molar refractivity (Wildman–Crippen MR) is 117 cm³/mol. The number of benzene rings is 2. The average molecular weight is 418 g/mol. The molecule has 0 radical (unpaired) electrons. The monoisotopic (exact) mass is 418 g/mol. The summed E-state index contributed by atoms with van der Waals surface area (Å²) in [5, 5.41) is 19.7. The molecule has 160 valence electrons. The molecular weight excluding hydrogens is 392 g/mol. The number of ether oxygens (including phenoxy) is 2. The molecule has 3 aromatic rings. The van der Waals surface area contributed by atoms with Gasteiger partial charge in [-0.25, -0.2) is 0 Å². The molecule has 6 nitrogen and oxygen atoms in total. The van der Waals surface area contributed by atoms with E-state index < -0.39 is 5.97 Å². The van der Waals surface area contributed by atoms with Gasteiger partial charge >= 0.3 is 5.97 Å². The van der Waals surface area contributed by atoms with Crippen molar-refractivity contribution >= 4 is 16.9 Å². The third kappa shape index (κ3) is 4.51. The zero-order valence-electron chi connectivity index (χ0n) is 17.8. The second-order valence-corrected chi connectivity index (χ2v) is 8.28. The second kappa shape index (κ2) is 8.73. The van der Waals surface area contributed by atoms with Crippen LogP contribution in [0.2, 0.25) is 0 Å². The molecule has 6 heteroatoms. The maximum absolute atomic E-state index is 11.2. The van der Waals surface area contributed by atoms with Gasteiger partial charge in [0, 0.05) is 29.1 Å². The van der Waals surface area contributed by atoms with E-state index in [-0.39, 0.29) is 18.4 Å². The highest BCUT2D eigenvalue weighted by Gasteiger charge is 2.24. The number of nitriles is 1. The van der Waals surface area contributed by atoms with Gasteiger partial charge in [0.05, 0.1) is 18.1 Å². The normalized spacial score (nSPS) is 15.5. The van der Waals surface area contributed by atoms with Crippen LogP contribution in [0.5, 0.6) is 11.5 Å². The number of aromatic nitrogens is 1. The highest BCUT2D eigenvalue weighted by atomic mass is 16.5. The van der Waals surface area contributed by atoms with E-state index in [0.717, 1.165) is 47.3 Å². The van der Waals surface area contributed by atoms with Crippen LogP contribution >= 0.6 is 0 Å². The minimum absolute atomic E-state index is 0.00395. The van der Waals surface area contributed by atoms with Crippen molar-refractivity contribution in [2.24, 2.45) is 0 Å². The van der Waals surface area contributed by atoms with Gasteiger partial charge < -0.3 is 19.1 Å². The Morgan fingerprint density at radius 2 is 2.10 bits per heavy atom. The largest absolute Gasteiger partial charge is 0.490 e. The molecule has 1 aliphatic heterocycles. The number of carboxylic acid groups (broad SMARTS) is 1. The van der Waals surface area contributed by atoms with Crippen molar-refractivity contribution in [1.29, 1.82) is 5.26 Å². The van der Waals surface area contributed by atoms with Gasteiger partial charge in [-0.15, -0.1) is 0 Å². The van der Waals surface area contributed by atoms with Gasteiger partial charge in [0.1, 0.15) is 24.2 Å². The maximum atomic E-state index is 11.2. The standard InChI is InChI=1S/C25H26N2O4/c1-16(2)31-24-8-5-17(10-20(24)14-26)15-30-21-6-7-22-19(11-21)12-23-18(13-25(28)29)4-3-9-27(22)23/h5-8,10-12,16,18H,3-4,9,13,15H2,1-2H3,(H,28,29)/t18-/m0/s1. The van der Waals surface area contributed by atoms with Gasteiger partial charge in [-0.05, 0) is 68.7 Å². The molecule has 0 saturated heterocycles. The summed E-state index contributed by atoms with van der Waals surface area (Å²) >= 11 is 0. The van der Waals surface area contributed by atoms with Gasteiger partial charge in [-0.3, -0.25) is 4.79 Å². The molecule has 0 spiro atoms. The minimum Gasteiger partial charge on any atom is -0.490 e. The Bertz CT molecular complexity index is 1160. The minimum atomic E-state index is -0.755. The Morgan fingerprint density at radius 1 is 1.26 bits per heavy atom. The lowest BCUT2D eigenvalue weighted by atomic mass is 9.93. The topological polar surface area (TPSA) is 84.5 Å². The first-order valence-corrected chi connectivity index (χ1v) is 10.6. The molecule has 1 aromatic heterocycles. The number of carbonyl (C=O) groups is 1. The lowest BCUT2D eigenvalue weighted by Gasteiger charge is -2.24. The summed E-state index contributed by atoms with van der Waals surface area (Å²) in [6, 6.07) is 15.8. The smallest absolute Gasteiger partial charge is 0.304 e. The molecule has 0 unspecified atom stereocenters. The maximum Gasteiger partial charge on any atom is 0.304 e. The van der Waals surface area contributed by atoms with Crippen LogP contribution in [0.1, 0.15) is 55.8 Å². The number of nitrogens with zero attached hydrogens (tertiary/aromatic N) is 2. The van der Waals surface area contributed by atoms with Crippen molar-refractivity contribution in [3.8, 4) is 17.6 Å². The molecule has 0 fully saturated rings. The average Bonchev–Trinajstić information content (AvgIpc) is 3.11. The Kier molecular flexibility index (Phi) is 5.85. The zero-order chi connectivity index (χ0) is 22.0. The molecule has 0 aliphatic carbocycles. The first-order valence-electron chi connectivity index (χ1n) is 10.6. The highest BCUT2D eigenvalue weighted by molar-refractivity contribution is 5.83. The molecular formula is C25H26N2O4. The molecule has 2 aromatic carbocycles. The van der Waals surface area contributed by atoms with Crippen LogP contribution in [0, 0.1) is 11.3 Å². The lowest BCUT2D eigenvalue weighted by molar-refractivity contribution is -0.137. The van der Waals surface area contributed by atoms with E-state index in [4.69, 9.17) is 9.47 Å². The van der Waals surface area contributed by atoms with Crippen LogP contribution in [0.15, 0.2) is 42.5 Å². The van der Waals surface area contributed by atoms with Crippen LogP contribution in [0.3, 0.4) is 0 Å². The van der Waals surface area contributed by atoms with Crippen LogP contribution in [-0.2, 0) is 17.9 Å². The third-order valence-corrected chi connectivity index (χ3v) is 5.61. The number of aryl methyl sites for hydroxylation is 1. The van der Waals surface area contributed by atoms with Crippen LogP contribution in [-0.4, -0.2) is 21.7 Å². The summed E-state index contributed by atoms with van der Waals surface area (Å²) in [7, 11) is 0. The molecule has 2 heterocycles. The SMILES string of the molecule is CC(C)Oc1ccc(COc2ccc3c(c2)cc2n3CCC[C@H]2CC(=O)O)cc1C#N. The van der Waals surface area contributed by atoms with Crippen molar-refractivity contribution in [1.82, 2.24) is 4.57 Å². The molecule has 1 aliphatic rings. The summed E-state index contributed by atoms with van der Waals surface area (Å²) < 4.78 is 13.9. The van der Waals surface area contributed by atoms with E-state index in [2.05, 4.69) is 16.7 Å². The van der Waals surface area contributed by atoms with Gasteiger partial charge in [-0.2, -0.15) is 5.26 Å². The Morgan fingerprint density at radius 3 is 2.84 bits per heavy atom. The van der Waals surface area contributed by atoms with E-state index in [1.165, 1.54) is 0 Å². The van der Waals surface area contributed by atoms with E-state index >= 15 is 0 Å². The first kappa shape index (κ1) is 20.8. The fraction of sp³-hybridized carbons (Fsp3) is 0.360. The third-order valence-electron chi connectivity index (χ3n) is 5.61. The van der Waals surface area contributed by atoms with Crippen molar-refractivity contribution < 1.29 is 19.4 Å². The second-order valence-electron chi connectivity index (χ2n) is 8.28. The molecule has 1 N–H and O–H groups in total. The predicted octanol–water partition coefficient (Wildman–Crippen LogP) is 5.23. The van der Waals surface area contributed by atoms with Crippen molar-refractivity contribution in [3.63, 3.8) is 0 Å². The molecule has 0 bridgehead atoms. The fourth-order valence-electron chi connectivity index (χ4n) is 4.29. The van der Waals surface area contributed by atoms with Gasteiger partial charge in [0.25, 0.3) is 0 Å².